The Kier molecular flexibility index (Phi) is 3.61. The zero-order valence-electron chi connectivity index (χ0n) is 10.3. The number of aliphatic hydroxyl groups is 1. The molecule has 1 saturated heterocycles. The Morgan fingerprint density at radius 3 is 2.84 bits per heavy atom. The van der Waals surface area contributed by atoms with Gasteiger partial charge in [-0.2, -0.15) is 9.40 Å². The summed E-state index contributed by atoms with van der Waals surface area (Å²) in [6, 6.07) is 0. The Balaban J connectivity index is 2.33. The van der Waals surface area contributed by atoms with Crippen LogP contribution in [0.1, 0.15) is 23.7 Å². The summed E-state index contributed by atoms with van der Waals surface area (Å²) in [4.78, 5) is 10.9. The first-order chi connectivity index (χ1) is 8.84. The minimum atomic E-state index is -3.98. The Bertz CT molecular complexity index is 582. The number of aliphatic hydroxyl groups excluding tert-OH is 1. The summed E-state index contributed by atoms with van der Waals surface area (Å²) in [5.74, 6) is -1.34. The number of β-amino-alcohol motifs (C(OH)–C–C–N with tert-alkyl or cyclic N) is 1. The van der Waals surface area contributed by atoms with Crippen LogP contribution in [0.25, 0.3) is 0 Å². The number of aromatic amines is 1. The number of carbonyl (C=O) groups is 1. The highest BCUT2D eigenvalue weighted by atomic mass is 32.2. The van der Waals surface area contributed by atoms with E-state index in [9.17, 15) is 18.3 Å². The molecule has 0 radical (unpaired) electrons. The average Bonchev–Trinajstić information content (AvgIpc) is 2.82. The predicted octanol–water partition coefficient (Wildman–Crippen LogP) is -0.501. The summed E-state index contributed by atoms with van der Waals surface area (Å²) in [6.07, 6.45) is 0.731. The molecule has 1 aliphatic rings. The van der Waals surface area contributed by atoms with Gasteiger partial charge in [-0.05, 0) is 12.3 Å². The smallest absolute Gasteiger partial charge is 0.340 e. The van der Waals surface area contributed by atoms with Crippen molar-refractivity contribution < 1.29 is 23.4 Å². The lowest BCUT2D eigenvalue weighted by Gasteiger charge is -2.33. The van der Waals surface area contributed by atoms with E-state index in [2.05, 4.69) is 10.2 Å². The highest BCUT2D eigenvalue weighted by molar-refractivity contribution is 7.89. The lowest BCUT2D eigenvalue weighted by molar-refractivity contribution is 0.0603. The van der Waals surface area contributed by atoms with Crippen LogP contribution < -0.4 is 0 Å². The molecule has 0 saturated carbocycles. The fourth-order valence-electron chi connectivity index (χ4n) is 1.99. The highest BCUT2D eigenvalue weighted by Crippen LogP contribution is 2.24. The maximum absolute atomic E-state index is 12.3. The highest BCUT2D eigenvalue weighted by Gasteiger charge is 2.36. The van der Waals surface area contributed by atoms with Gasteiger partial charge in [0.15, 0.2) is 5.03 Å². The van der Waals surface area contributed by atoms with Gasteiger partial charge in [-0.3, -0.25) is 5.10 Å². The second kappa shape index (κ2) is 4.91. The van der Waals surface area contributed by atoms with Gasteiger partial charge in [-0.25, -0.2) is 13.2 Å². The van der Waals surface area contributed by atoms with E-state index in [4.69, 9.17) is 5.11 Å². The summed E-state index contributed by atoms with van der Waals surface area (Å²) >= 11 is 0. The third-order valence-electron chi connectivity index (χ3n) is 3.31. The third kappa shape index (κ3) is 2.48. The number of sulfonamides is 1. The Hall–Kier alpha value is -1.45. The van der Waals surface area contributed by atoms with Crippen LogP contribution in [0, 0.1) is 5.92 Å². The fourth-order valence-corrected chi connectivity index (χ4v) is 3.53. The summed E-state index contributed by atoms with van der Waals surface area (Å²) in [6.45, 7) is 2.05. The average molecular weight is 289 g/mol. The number of hydrogen-bond donors (Lipinski definition) is 3. The van der Waals surface area contributed by atoms with Crippen molar-refractivity contribution in [2.45, 2.75) is 24.5 Å². The molecule has 2 rings (SSSR count). The van der Waals surface area contributed by atoms with E-state index in [1.807, 2.05) is 6.92 Å². The molecule has 0 bridgehead atoms. The number of aromatic nitrogens is 2. The maximum Gasteiger partial charge on any atom is 0.340 e. The van der Waals surface area contributed by atoms with Crippen molar-refractivity contribution >= 4 is 16.0 Å². The lowest BCUT2D eigenvalue weighted by atomic mass is 9.98. The van der Waals surface area contributed by atoms with E-state index in [1.165, 1.54) is 0 Å². The first-order valence-corrected chi connectivity index (χ1v) is 7.23. The van der Waals surface area contributed by atoms with Crippen molar-refractivity contribution in [3.8, 4) is 0 Å². The van der Waals surface area contributed by atoms with Crippen molar-refractivity contribution in [3.05, 3.63) is 11.8 Å². The van der Waals surface area contributed by atoms with Crippen molar-refractivity contribution in [2.75, 3.05) is 13.1 Å². The summed E-state index contributed by atoms with van der Waals surface area (Å²) in [7, 11) is -3.98. The molecule has 1 aromatic heterocycles. The van der Waals surface area contributed by atoms with Gasteiger partial charge in [-0.15, -0.1) is 0 Å². The molecule has 1 aliphatic heterocycles. The molecule has 0 spiro atoms. The fraction of sp³-hybridized carbons (Fsp3) is 0.600. The first-order valence-electron chi connectivity index (χ1n) is 5.79. The largest absolute Gasteiger partial charge is 0.478 e. The molecule has 3 N–H and O–H groups in total. The monoisotopic (exact) mass is 289 g/mol. The Morgan fingerprint density at radius 2 is 2.26 bits per heavy atom. The SMILES string of the molecule is CC1CCN(S(=O)(=O)c2[nH]ncc2C(=O)O)CC1O. The number of nitrogens with zero attached hydrogens (tertiary/aromatic N) is 2. The number of rotatable bonds is 3. The number of H-pyrrole nitrogens is 1. The minimum absolute atomic E-state index is 0.0205. The van der Waals surface area contributed by atoms with Crippen molar-refractivity contribution in [1.29, 1.82) is 0 Å². The van der Waals surface area contributed by atoms with Crippen LogP contribution in [0.4, 0.5) is 0 Å². The molecule has 2 unspecified atom stereocenters. The normalized spacial score (nSPS) is 25.4. The molecule has 0 aliphatic carbocycles. The van der Waals surface area contributed by atoms with Gasteiger partial charge in [0.05, 0.1) is 12.3 Å². The van der Waals surface area contributed by atoms with Gasteiger partial charge in [-0.1, -0.05) is 6.92 Å². The summed E-state index contributed by atoms with van der Waals surface area (Å²) in [5.41, 5.74) is -0.395. The predicted molar refractivity (Wildman–Crippen MR) is 64.1 cm³/mol. The van der Waals surface area contributed by atoms with Crippen molar-refractivity contribution in [2.24, 2.45) is 5.92 Å². The van der Waals surface area contributed by atoms with E-state index in [-0.39, 0.29) is 19.0 Å². The maximum atomic E-state index is 12.3. The molecule has 1 fully saturated rings. The van der Waals surface area contributed by atoms with E-state index in [0.29, 0.717) is 6.42 Å². The molecule has 9 heteroatoms. The van der Waals surface area contributed by atoms with Crippen LogP contribution in [0.5, 0.6) is 0 Å². The van der Waals surface area contributed by atoms with Gasteiger partial charge < -0.3 is 10.2 Å². The Labute approximate surface area is 110 Å². The van der Waals surface area contributed by atoms with Crippen LogP contribution in [-0.4, -0.2) is 58.3 Å². The molecule has 2 atom stereocenters. The molecule has 8 nitrogen and oxygen atoms in total. The van der Waals surface area contributed by atoms with Crippen LogP contribution in [0.2, 0.25) is 0 Å². The summed E-state index contributed by atoms with van der Waals surface area (Å²) in [5, 5.41) is 23.9. The molecular weight excluding hydrogens is 274 g/mol. The molecule has 0 amide bonds. The van der Waals surface area contributed by atoms with E-state index in [0.717, 1.165) is 10.5 Å². The second-order valence-corrected chi connectivity index (χ2v) is 6.49. The van der Waals surface area contributed by atoms with Crippen molar-refractivity contribution in [3.63, 3.8) is 0 Å². The summed E-state index contributed by atoms with van der Waals surface area (Å²) < 4.78 is 25.7. The molecule has 106 valence electrons. The number of nitrogens with one attached hydrogen (secondary N) is 1. The number of piperidine rings is 1. The molecule has 1 aromatic rings. The zero-order valence-corrected chi connectivity index (χ0v) is 11.1. The zero-order chi connectivity index (χ0) is 14.2. The van der Waals surface area contributed by atoms with E-state index in [1.54, 1.807) is 0 Å². The number of hydrogen-bond acceptors (Lipinski definition) is 5. The topological polar surface area (TPSA) is 124 Å². The van der Waals surface area contributed by atoms with E-state index < -0.39 is 32.7 Å². The minimum Gasteiger partial charge on any atom is -0.478 e. The van der Waals surface area contributed by atoms with Gasteiger partial charge in [0.25, 0.3) is 10.0 Å². The van der Waals surface area contributed by atoms with Crippen LogP contribution in [0.3, 0.4) is 0 Å². The van der Waals surface area contributed by atoms with Crippen LogP contribution in [-0.2, 0) is 10.0 Å². The van der Waals surface area contributed by atoms with Gasteiger partial charge in [0.2, 0.25) is 0 Å². The van der Waals surface area contributed by atoms with Gasteiger partial charge >= 0.3 is 5.97 Å². The van der Waals surface area contributed by atoms with Gasteiger partial charge in [0, 0.05) is 13.1 Å². The number of carboxylic acids is 1. The number of aromatic carboxylic acids is 1. The molecular formula is C10H15N3O5S. The van der Waals surface area contributed by atoms with Crippen LogP contribution >= 0.6 is 0 Å². The van der Waals surface area contributed by atoms with Crippen molar-refractivity contribution in [1.82, 2.24) is 14.5 Å². The van der Waals surface area contributed by atoms with E-state index >= 15 is 0 Å². The number of carboxylic acid groups (broad SMARTS) is 1. The van der Waals surface area contributed by atoms with Crippen LogP contribution in [0.15, 0.2) is 11.2 Å². The third-order valence-corrected chi connectivity index (χ3v) is 5.15. The second-order valence-electron chi connectivity index (χ2n) is 4.61. The molecule has 19 heavy (non-hydrogen) atoms. The molecule has 0 aromatic carbocycles. The van der Waals surface area contributed by atoms with Gasteiger partial charge in [0.1, 0.15) is 5.56 Å². The quantitative estimate of drug-likeness (QED) is 0.689. The Morgan fingerprint density at radius 1 is 1.58 bits per heavy atom. The first kappa shape index (κ1) is 14.0. The molecule has 2 heterocycles. The standard InChI is InChI=1S/C10H15N3O5S/c1-6-2-3-13(5-8(6)14)19(17,18)9-7(10(15)16)4-11-12-9/h4,6,8,14H,2-3,5H2,1H3,(H,11,12)(H,15,16). The lowest BCUT2D eigenvalue weighted by Crippen LogP contribution is -2.46.